The lowest BCUT2D eigenvalue weighted by Gasteiger charge is -2.10. The lowest BCUT2D eigenvalue weighted by molar-refractivity contribution is -0.137. The molecule has 0 spiro atoms. The van der Waals surface area contributed by atoms with Gasteiger partial charge < -0.3 is 10.1 Å². The highest BCUT2D eigenvalue weighted by molar-refractivity contribution is 7.62. The van der Waals surface area contributed by atoms with E-state index in [0.29, 0.717) is 12.3 Å². The first-order valence-electron chi connectivity index (χ1n) is 6.59. The maximum atomic E-state index is 12.7. The second-order valence-electron chi connectivity index (χ2n) is 4.57. The topological polar surface area (TPSA) is 128 Å². The van der Waals surface area contributed by atoms with Crippen LogP contribution in [-0.4, -0.2) is 30.4 Å². The first-order chi connectivity index (χ1) is 12.6. The Morgan fingerprint density at radius 2 is 1.93 bits per heavy atom. The zero-order valence-corrected chi connectivity index (χ0v) is 14.3. The summed E-state index contributed by atoms with van der Waals surface area (Å²) in [7, 11) is -3.03. The van der Waals surface area contributed by atoms with Gasteiger partial charge in [0.05, 0.1) is 11.1 Å². The van der Waals surface area contributed by atoms with Crippen molar-refractivity contribution in [1.82, 2.24) is 9.97 Å². The molecule has 2 aromatic heterocycles. The smallest absolute Gasteiger partial charge is 0.389 e. The van der Waals surface area contributed by atoms with Crippen molar-refractivity contribution >= 4 is 39.8 Å². The minimum atomic E-state index is -4.73. The molecule has 27 heavy (non-hydrogen) atoms. The van der Waals surface area contributed by atoms with Crippen LogP contribution in [-0.2, 0) is 16.7 Å². The number of nitrogens with one attached hydrogen (secondary N) is 1. The van der Waals surface area contributed by atoms with Crippen molar-refractivity contribution in [2.24, 2.45) is 4.36 Å². The van der Waals surface area contributed by atoms with Gasteiger partial charge in [-0.15, -0.1) is 0 Å². The number of hydrogen-bond donors (Lipinski definition) is 1. The van der Waals surface area contributed by atoms with Gasteiger partial charge in [0, 0.05) is 24.1 Å². The number of halogens is 4. The molecule has 0 aliphatic heterocycles. The molecule has 0 unspecified atom stereocenters. The van der Waals surface area contributed by atoms with Gasteiger partial charge in [-0.25, -0.2) is 14.8 Å². The number of rotatable bonds is 3. The normalized spacial score (nSPS) is 10.8. The highest BCUT2D eigenvalue weighted by atomic mass is 35.5. The van der Waals surface area contributed by atoms with Crippen LogP contribution in [0.1, 0.15) is 15.9 Å². The fraction of sp³-hybridized carbons (Fsp3) is 0.0769. The molecule has 1 N–H and O–H groups in total. The van der Waals surface area contributed by atoms with Crippen molar-refractivity contribution in [2.75, 3.05) is 5.32 Å². The number of aromatic nitrogens is 2. The molecular weight excluding hydrogens is 417 g/mol. The number of hydrogen-bond acceptors (Lipinski definition) is 7. The van der Waals surface area contributed by atoms with Crippen molar-refractivity contribution < 1.29 is 35.9 Å². The highest BCUT2D eigenvalue weighted by Crippen LogP contribution is 2.31. The third-order valence-electron chi connectivity index (χ3n) is 2.74. The van der Waals surface area contributed by atoms with E-state index in [9.17, 15) is 31.2 Å². The van der Waals surface area contributed by atoms with E-state index in [1.54, 1.807) is 0 Å². The number of carbonyl (C=O) groups is 2. The van der Waals surface area contributed by atoms with Gasteiger partial charge in [0.2, 0.25) is 5.88 Å². The number of amides is 2. The van der Waals surface area contributed by atoms with Crippen LogP contribution in [0.3, 0.4) is 0 Å². The van der Waals surface area contributed by atoms with Crippen molar-refractivity contribution in [1.29, 1.82) is 0 Å². The maximum absolute atomic E-state index is 12.7. The maximum Gasteiger partial charge on any atom is 0.455 e. The van der Waals surface area contributed by atoms with E-state index in [2.05, 4.69) is 24.4 Å². The first-order valence-corrected chi connectivity index (χ1v) is 8.00. The Kier molecular flexibility index (Phi) is 6.07. The summed E-state index contributed by atoms with van der Waals surface area (Å²) >= 11 is 5.66. The molecule has 0 fully saturated rings. The second kappa shape index (κ2) is 8.09. The molecule has 142 valence electrons. The SMILES string of the molecule is O=C(N=S(=O)=O)Oc1cc(NC(=O)c2cc(C(F)(F)F)cnc2Cl)ccn1. The van der Waals surface area contributed by atoms with E-state index in [1.165, 1.54) is 6.07 Å². The predicted molar refractivity (Wildman–Crippen MR) is 83.8 cm³/mol. The molecule has 0 atom stereocenters. The fourth-order valence-electron chi connectivity index (χ4n) is 1.67. The summed E-state index contributed by atoms with van der Waals surface area (Å²) in [5, 5.41) is 1.76. The Hall–Kier alpha value is -3.06. The standard InChI is InChI=1S/C13H6ClF3N4O5S/c14-10-8(3-6(5-19-10)13(15,16)17)11(22)20-7-1-2-18-9(4-7)26-12(23)21-27(24)25/h1-5H,(H,18,20,22). The Morgan fingerprint density at radius 1 is 1.22 bits per heavy atom. The van der Waals surface area contributed by atoms with Crippen LogP contribution < -0.4 is 10.1 Å². The van der Waals surface area contributed by atoms with E-state index < -0.39 is 50.8 Å². The monoisotopic (exact) mass is 422 g/mol. The summed E-state index contributed by atoms with van der Waals surface area (Å²) < 4.78 is 65.7. The van der Waals surface area contributed by atoms with Gasteiger partial charge >= 0.3 is 22.8 Å². The van der Waals surface area contributed by atoms with E-state index >= 15 is 0 Å². The van der Waals surface area contributed by atoms with Crippen molar-refractivity contribution in [3.05, 3.63) is 46.9 Å². The van der Waals surface area contributed by atoms with Crippen LogP contribution in [0.25, 0.3) is 0 Å². The van der Waals surface area contributed by atoms with Crippen LogP contribution in [0, 0.1) is 0 Å². The zero-order valence-electron chi connectivity index (χ0n) is 12.7. The van der Waals surface area contributed by atoms with Crippen LogP contribution >= 0.6 is 11.6 Å². The number of anilines is 1. The predicted octanol–water partition coefficient (Wildman–Crippen LogP) is 2.96. The average molecular weight is 423 g/mol. The van der Waals surface area contributed by atoms with Gasteiger partial charge in [-0.1, -0.05) is 16.0 Å². The Balaban J connectivity index is 2.23. The fourth-order valence-corrected chi connectivity index (χ4v) is 2.02. The minimum absolute atomic E-state index is 0.0328. The summed E-state index contributed by atoms with van der Waals surface area (Å²) in [5.41, 5.74) is -1.75. The molecule has 0 radical (unpaired) electrons. The molecule has 0 aliphatic carbocycles. The molecule has 0 aromatic carbocycles. The molecular formula is C13H6ClF3N4O5S. The molecule has 2 heterocycles. The minimum Gasteiger partial charge on any atom is -0.389 e. The highest BCUT2D eigenvalue weighted by Gasteiger charge is 2.32. The molecule has 2 amide bonds. The van der Waals surface area contributed by atoms with Gasteiger partial charge in [-0.05, 0) is 12.1 Å². The largest absolute Gasteiger partial charge is 0.455 e. The first kappa shape index (κ1) is 20.3. The quantitative estimate of drug-likeness (QED) is 0.753. The second-order valence-corrected chi connectivity index (χ2v) is 5.55. The number of ether oxygens (including phenoxy) is 1. The van der Waals surface area contributed by atoms with Crippen LogP contribution in [0.15, 0.2) is 35.0 Å². The third-order valence-corrected chi connectivity index (χ3v) is 3.34. The summed E-state index contributed by atoms with van der Waals surface area (Å²) in [4.78, 5) is 30.2. The molecule has 2 rings (SSSR count). The number of pyridine rings is 2. The molecule has 14 heteroatoms. The molecule has 0 saturated heterocycles. The van der Waals surface area contributed by atoms with E-state index in [4.69, 9.17) is 11.6 Å². The number of carbonyl (C=O) groups excluding carboxylic acids is 2. The summed E-state index contributed by atoms with van der Waals surface area (Å²) in [6.45, 7) is 0. The van der Waals surface area contributed by atoms with Crippen LogP contribution in [0.2, 0.25) is 5.15 Å². The lowest BCUT2D eigenvalue weighted by atomic mass is 10.2. The number of nitrogens with zero attached hydrogens (tertiary/aromatic N) is 3. The van der Waals surface area contributed by atoms with Crippen molar-refractivity contribution in [3.8, 4) is 5.88 Å². The Morgan fingerprint density at radius 3 is 2.56 bits per heavy atom. The summed E-state index contributed by atoms with van der Waals surface area (Å²) in [6, 6.07) is 2.76. The van der Waals surface area contributed by atoms with Gasteiger partial charge in [0.25, 0.3) is 5.91 Å². The molecule has 0 saturated carbocycles. The Labute approximate surface area is 154 Å². The van der Waals surface area contributed by atoms with E-state index in [-0.39, 0.29) is 5.69 Å². The third kappa shape index (κ3) is 5.72. The van der Waals surface area contributed by atoms with Crippen LogP contribution in [0.5, 0.6) is 5.88 Å². The van der Waals surface area contributed by atoms with Gasteiger partial charge in [0.1, 0.15) is 5.15 Å². The zero-order chi connectivity index (χ0) is 20.2. The van der Waals surface area contributed by atoms with Crippen molar-refractivity contribution in [3.63, 3.8) is 0 Å². The van der Waals surface area contributed by atoms with Crippen LogP contribution in [0.4, 0.5) is 23.7 Å². The molecule has 0 aliphatic rings. The lowest BCUT2D eigenvalue weighted by Crippen LogP contribution is -2.15. The number of alkyl halides is 3. The molecule has 0 bridgehead atoms. The Bertz CT molecular complexity index is 1030. The van der Waals surface area contributed by atoms with Gasteiger partial charge in [0.15, 0.2) is 0 Å². The summed E-state index contributed by atoms with van der Waals surface area (Å²) in [6.07, 6.45) is -4.65. The van der Waals surface area contributed by atoms with Crippen molar-refractivity contribution in [2.45, 2.75) is 6.18 Å². The van der Waals surface area contributed by atoms with Gasteiger partial charge in [-0.3, -0.25) is 4.79 Å². The average Bonchev–Trinajstić information content (AvgIpc) is 2.53. The molecule has 9 nitrogen and oxygen atoms in total. The van der Waals surface area contributed by atoms with E-state index in [1.807, 2.05) is 0 Å². The van der Waals surface area contributed by atoms with E-state index in [0.717, 1.165) is 12.3 Å². The van der Waals surface area contributed by atoms with Gasteiger partial charge in [-0.2, -0.15) is 21.6 Å². The molecule has 2 aromatic rings. The summed E-state index contributed by atoms with van der Waals surface area (Å²) in [5.74, 6) is -1.44.